The van der Waals surface area contributed by atoms with Gasteiger partial charge in [-0.25, -0.2) is 45.9 Å². The molecular formula is C90H111BrF16N18O12. The van der Waals surface area contributed by atoms with Crippen molar-refractivity contribution in [1.82, 2.24) is 79.1 Å². The van der Waals surface area contributed by atoms with E-state index in [1.807, 2.05) is 107 Å². The molecule has 0 radical (unpaired) electrons. The second-order valence-electron chi connectivity index (χ2n) is 38.2. The standard InChI is InChI=1S/C25H32F4N4O4.C21H23F4N5O2.C20H24F4N4O2.C12H10BrF4N3O2.C12H22N2O2/c1-14(2)33-22(35-17-8-9-20(19(26)10-17)36-25(27,28)29)30-21(31-33)11-18-15-6-7-16(18)13-32(12-15)23(34)37-24(3,4)5;1-12(2)30-20(31-15-5-6-18(17(22)7-15)32-21(23,24)25)27-19(28-30)8-16-13-3-4-14(16)10-29(9-13)11-26;1-11(2)28-19(29-14-5-6-17(16(21)7-14)30-20(22,23)24)26-18(27-28)8-15-12-3-4-13(15)10-25-9-12;1-6(2)20-11(18-10(13)19-20)21-7-3-4-9(8(14)5-7)22-12(15,16)17;1-12(2,3)16-11(15)14-6-8-4-5-9(7-14)10(8)13/h8-10,14-16,18H,6-7,11-13H2,1-5H3;5-7,12-14,16H,3-4,8-10H2,1-2H3;5-7,11-13,15,25H,3-4,8-10H2,1-2H3;3-6H,1-2H3;8-10H,4-7,13H2,1-3H3/t15-,16+,18?;13-,14+,16?;12-,13+,15?;;8-,9+,10?. The van der Waals surface area contributed by atoms with Gasteiger partial charge in [0, 0.05) is 88.8 Å². The van der Waals surface area contributed by atoms with Crippen molar-refractivity contribution in [2.45, 2.75) is 234 Å². The lowest BCUT2D eigenvalue weighted by molar-refractivity contribution is -0.276. The van der Waals surface area contributed by atoms with Gasteiger partial charge in [0.25, 0.3) is 0 Å². The minimum absolute atomic E-state index is 0.0136. The summed E-state index contributed by atoms with van der Waals surface area (Å²) in [5.74, 6) is -1.91. The molecular weight excluding hydrogens is 1910 g/mol. The van der Waals surface area contributed by atoms with Crippen LogP contribution in [0.2, 0.25) is 0 Å². The maximum atomic E-state index is 14.1. The van der Waals surface area contributed by atoms with E-state index < -0.39 is 82.9 Å². The molecule has 8 heterocycles. The number of halogens is 17. The number of fused-ring (bicyclic) bond motifs is 8. The van der Waals surface area contributed by atoms with E-state index in [0.717, 1.165) is 139 Å². The molecule has 12 atom stereocenters. The van der Waals surface area contributed by atoms with Crippen LogP contribution in [-0.4, -0.2) is 181 Å². The second kappa shape index (κ2) is 43.1. The molecule has 4 saturated carbocycles. The minimum Gasteiger partial charge on any atom is -0.444 e. The van der Waals surface area contributed by atoms with Gasteiger partial charge in [0.15, 0.2) is 69.9 Å². The van der Waals surface area contributed by atoms with Gasteiger partial charge in [0.1, 0.15) is 34.2 Å². The van der Waals surface area contributed by atoms with Crippen LogP contribution in [0.1, 0.15) is 190 Å². The molecule has 4 aromatic heterocycles. The average molecular weight is 2020 g/mol. The van der Waals surface area contributed by atoms with Gasteiger partial charge in [-0.1, -0.05) is 0 Å². The van der Waals surface area contributed by atoms with Crippen LogP contribution in [-0.2, 0) is 28.7 Å². The van der Waals surface area contributed by atoms with Crippen LogP contribution in [0.15, 0.2) is 77.5 Å². The van der Waals surface area contributed by atoms with Crippen LogP contribution < -0.4 is 48.9 Å². The number of alkyl halides is 12. The number of hydrogen-bond acceptors (Lipinski definition) is 24. The van der Waals surface area contributed by atoms with Crippen molar-refractivity contribution in [1.29, 1.82) is 5.26 Å². The molecule has 3 N–H and O–H groups in total. The number of likely N-dealkylation sites (tertiary alicyclic amines) is 3. The Hall–Kier alpha value is -11.1. The van der Waals surface area contributed by atoms with Gasteiger partial charge in [0.05, 0.1) is 24.2 Å². The zero-order valence-electron chi connectivity index (χ0n) is 77.7. The summed E-state index contributed by atoms with van der Waals surface area (Å²) in [6.07, 6.45) is -7.25. The fourth-order valence-corrected chi connectivity index (χ4v) is 18.8. The number of ether oxygens (including phenoxy) is 10. The fourth-order valence-electron chi connectivity index (χ4n) is 18.5. The quantitative estimate of drug-likeness (QED) is 0.0470. The molecule has 8 fully saturated rings. The molecule has 752 valence electrons. The molecule has 4 aliphatic heterocycles. The summed E-state index contributed by atoms with van der Waals surface area (Å²) in [6, 6.07) is 11.8. The molecule has 16 rings (SSSR count). The van der Waals surface area contributed by atoms with Crippen LogP contribution in [0.25, 0.3) is 0 Å². The smallest absolute Gasteiger partial charge is 0.444 e. The first-order valence-corrected chi connectivity index (χ1v) is 45.8. The summed E-state index contributed by atoms with van der Waals surface area (Å²) in [6.45, 7) is 32.6. The monoisotopic (exact) mass is 2020 g/mol. The number of rotatable bonds is 22. The Kier molecular flexibility index (Phi) is 33.0. The number of benzene rings is 4. The molecule has 4 aliphatic carbocycles. The molecule has 137 heavy (non-hydrogen) atoms. The predicted molar refractivity (Wildman–Crippen MR) is 462 cm³/mol. The highest BCUT2D eigenvalue weighted by atomic mass is 79.9. The number of carbonyl (C=O) groups excluding carboxylic acids is 2. The fraction of sp³-hybridized carbons (Fsp3) is 0.611. The highest BCUT2D eigenvalue weighted by Gasteiger charge is 2.48. The molecule has 0 spiro atoms. The molecule has 47 heteroatoms. The Labute approximate surface area is 788 Å². The third-order valence-corrected chi connectivity index (χ3v) is 24.7. The molecule has 4 aromatic carbocycles. The zero-order valence-corrected chi connectivity index (χ0v) is 79.2. The molecule has 2 amide bonds. The van der Waals surface area contributed by atoms with E-state index >= 15 is 0 Å². The van der Waals surface area contributed by atoms with Gasteiger partial charge in [-0.15, -0.1) is 57.8 Å². The van der Waals surface area contributed by atoms with Crippen molar-refractivity contribution in [3.63, 3.8) is 0 Å². The van der Waals surface area contributed by atoms with E-state index in [9.17, 15) is 85.1 Å². The number of nitriles is 1. The summed E-state index contributed by atoms with van der Waals surface area (Å²) in [5, 5.41) is 30.4. The van der Waals surface area contributed by atoms with E-state index in [2.05, 4.69) is 86.7 Å². The summed E-state index contributed by atoms with van der Waals surface area (Å²) in [5.41, 5.74) is 5.14. The van der Waals surface area contributed by atoms with E-state index in [0.29, 0.717) is 115 Å². The summed E-state index contributed by atoms with van der Waals surface area (Å²) in [4.78, 5) is 47.4. The Balaban J connectivity index is 0.000000157. The topological polar surface area (TPSA) is 321 Å². The molecule has 8 bridgehead atoms. The van der Waals surface area contributed by atoms with Crippen molar-refractivity contribution in [2.24, 2.45) is 70.8 Å². The Morgan fingerprint density at radius 3 is 0.934 bits per heavy atom. The Morgan fingerprint density at radius 2 is 0.664 bits per heavy atom. The van der Waals surface area contributed by atoms with Crippen LogP contribution in [0.4, 0.5) is 79.8 Å². The Morgan fingerprint density at radius 1 is 0.409 bits per heavy atom. The van der Waals surface area contributed by atoms with Gasteiger partial charge in [-0.3, -0.25) is 0 Å². The van der Waals surface area contributed by atoms with Gasteiger partial charge < -0.3 is 73.1 Å². The number of amides is 2. The number of carbonyl (C=O) groups is 2. The maximum absolute atomic E-state index is 14.1. The predicted octanol–water partition coefficient (Wildman–Crippen LogP) is 21.3. The number of hydrogen-bond donors (Lipinski definition) is 2. The lowest BCUT2D eigenvalue weighted by atomic mass is 9.82. The normalized spacial score (nSPS) is 22.3. The van der Waals surface area contributed by atoms with E-state index in [4.69, 9.17) is 34.2 Å². The Bertz CT molecular complexity index is 5420. The molecule has 4 unspecified atom stereocenters. The van der Waals surface area contributed by atoms with Gasteiger partial charge >= 0.3 is 61.7 Å². The maximum Gasteiger partial charge on any atom is 0.573 e. The molecule has 30 nitrogen and oxygen atoms in total. The summed E-state index contributed by atoms with van der Waals surface area (Å²) < 4.78 is 257. The average Bonchev–Trinajstić information content (AvgIpc) is 1.67. The van der Waals surface area contributed by atoms with Crippen molar-refractivity contribution in [2.75, 3.05) is 52.4 Å². The SMILES string of the molecule is CC(C)(C)OC(=O)N1C[C@H]2CC[C@@H](C1)C2N.CC(C)n1nc(Br)nc1Oc1ccc(OC(F)(F)F)c(F)c1.CC(C)n1nc(CC2[C@@H]3CC[C@H]2CN(C#N)C3)nc1Oc1ccc(OC(F)(F)F)c(F)c1.CC(C)n1nc(CC2[C@@H]3CC[C@H]2CN(C(=O)OC(C)(C)C)C3)nc1Oc1ccc(OC(F)(F)F)c(F)c1.CC(C)n1nc(CC2[C@@H]3CC[C@H]2CNC3)nc1Oc1ccc(OC(F)(F)F)c(F)c1. The third-order valence-electron chi connectivity index (χ3n) is 24.4. The van der Waals surface area contributed by atoms with Crippen LogP contribution in [0.3, 0.4) is 0 Å². The molecule has 8 aliphatic rings. The zero-order chi connectivity index (χ0) is 100. The minimum atomic E-state index is -5.00. The van der Waals surface area contributed by atoms with Gasteiger partial charge in [0.2, 0.25) is 4.73 Å². The van der Waals surface area contributed by atoms with Gasteiger partial charge in [-0.2, -0.15) is 40.5 Å². The van der Waals surface area contributed by atoms with Crippen LogP contribution in [0.5, 0.6) is 70.0 Å². The van der Waals surface area contributed by atoms with Crippen LogP contribution in [0, 0.1) is 99.8 Å². The third kappa shape index (κ3) is 29.1. The van der Waals surface area contributed by atoms with E-state index in [1.54, 1.807) is 18.9 Å². The number of nitrogens with two attached hydrogens (primary N) is 1. The number of nitrogens with one attached hydrogen (secondary N) is 1. The van der Waals surface area contributed by atoms with Gasteiger partial charge in [-0.05, 0) is 291 Å². The first-order valence-electron chi connectivity index (χ1n) is 45.0. The highest BCUT2D eigenvalue weighted by molar-refractivity contribution is 9.10. The summed E-state index contributed by atoms with van der Waals surface area (Å²) >= 11 is 3.08. The highest BCUT2D eigenvalue weighted by Crippen LogP contribution is 2.48. The lowest BCUT2D eigenvalue weighted by Crippen LogP contribution is -2.51. The molecule has 4 saturated heterocycles. The van der Waals surface area contributed by atoms with E-state index in [-0.39, 0.29) is 88.1 Å². The van der Waals surface area contributed by atoms with Crippen molar-refractivity contribution < 1.29 is 127 Å². The second-order valence-corrected chi connectivity index (χ2v) is 38.9. The molecule has 8 aromatic rings. The number of nitrogens with zero attached hydrogens (tertiary/aromatic N) is 16. The lowest BCUT2D eigenvalue weighted by Gasteiger charge is -2.38. The van der Waals surface area contributed by atoms with Crippen molar-refractivity contribution in [3.05, 3.63) is 118 Å². The number of piperidine rings is 4. The van der Waals surface area contributed by atoms with Crippen molar-refractivity contribution >= 4 is 28.1 Å². The first-order chi connectivity index (χ1) is 64.0. The summed E-state index contributed by atoms with van der Waals surface area (Å²) in [7, 11) is 0. The van der Waals surface area contributed by atoms with E-state index in [1.165, 1.54) is 35.7 Å². The number of aromatic nitrogens is 12. The first kappa shape index (κ1) is 105. The van der Waals surface area contributed by atoms with Crippen LogP contribution >= 0.6 is 15.9 Å². The van der Waals surface area contributed by atoms with Crippen molar-refractivity contribution in [3.8, 4) is 76.2 Å². The largest absolute Gasteiger partial charge is 0.573 e.